The van der Waals surface area contributed by atoms with Crippen molar-refractivity contribution in [2.75, 3.05) is 10.2 Å². The first kappa shape index (κ1) is 30.3. The van der Waals surface area contributed by atoms with Gasteiger partial charge in [-0.2, -0.15) is 10.4 Å². The second-order valence-corrected chi connectivity index (χ2v) is 10.6. The molecule has 5 aromatic rings. The summed E-state index contributed by atoms with van der Waals surface area (Å²) in [7, 11) is 1.90. The number of hydrogen-bond donors (Lipinski definition) is 3. The highest BCUT2D eigenvalue weighted by atomic mass is 35.5. The number of carbonyl (C=O) groups is 1. The quantitative estimate of drug-likeness (QED) is 0.205. The Bertz CT molecular complexity index is 1710. The number of aryl methyl sites for hydroxylation is 1. The van der Waals surface area contributed by atoms with E-state index in [1.807, 2.05) is 78.9 Å². The predicted molar refractivity (Wildman–Crippen MR) is 171 cm³/mol. The van der Waals surface area contributed by atoms with E-state index in [0.717, 1.165) is 48.1 Å². The van der Waals surface area contributed by atoms with Crippen LogP contribution in [0.2, 0.25) is 0 Å². The fraction of sp³-hybridized carbons (Fsp3) is 0.250. The fourth-order valence-corrected chi connectivity index (χ4v) is 5.52. The summed E-state index contributed by atoms with van der Waals surface area (Å²) in [5.41, 5.74) is 5.54. The molecule has 3 aromatic heterocycles. The summed E-state index contributed by atoms with van der Waals surface area (Å²) in [6, 6.07) is 20.2. The maximum atomic E-state index is 13.7. The van der Waals surface area contributed by atoms with Crippen LogP contribution in [-0.4, -0.2) is 47.8 Å². The van der Waals surface area contributed by atoms with Gasteiger partial charge < -0.3 is 15.6 Å². The van der Waals surface area contributed by atoms with Crippen LogP contribution in [0.25, 0.3) is 22.5 Å². The molecule has 6 rings (SSSR count). The Balaban J connectivity index is 0.00000384. The Labute approximate surface area is 261 Å². The summed E-state index contributed by atoms with van der Waals surface area (Å²) in [6.45, 7) is 0.454. The van der Waals surface area contributed by atoms with E-state index in [1.165, 1.54) is 6.20 Å². The molecule has 12 heteroatoms. The number of hydrogen-bond acceptors (Lipinski definition) is 7. The van der Waals surface area contributed by atoms with E-state index in [4.69, 9.17) is 0 Å². The van der Waals surface area contributed by atoms with E-state index in [9.17, 15) is 10.1 Å². The van der Waals surface area contributed by atoms with E-state index >= 15 is 0 Å². The summed E-state index contributed by atoms with van der Waals surface area (Å²) < 4.78 is 1.78. The number of nitriles is 1. The normalized spacial score (nSPS) is 15.9. The van der Waals surface area contributed by atoms with Gasteiger partial charge in [-0.1, -0.05) is 42.5 Å². The van der Waals surface area contributed by atoms with E-state index in [1.54, 1.807) is 17.2 Å². The molecular formula is C32H33ClN10O. The number of nitrogens with one attached hydrogen (secondary N) is 3. The van der Waals surface area contributed by atoms with E-state index in [-0.39, 0.29) is 30.5 Å². The Kier molecular flexibility index (Phi) is 9.52. The smallest absolute Gasteiger partial charge is 0.322 e. The van der Waals surface area contributed by atoms with Gasteiger partial charge in [-0.05, 0) is 48.9 Å². The minimum Gasteiger partial charge on any atom is -0.351 e. The molecule has 1 aliphatic rings. The SMILES string of the molecule is Cl.Cn1cc(-c2ccc(N(C(=O)NCc3ccccc3)C3CCC(Nc4ncc(C#N)c(-c5cnc[nH]5)n4)CC3)cc2)cn1. The number of aromatic nitrogens is 6. The molecule has 2 aromatic carbocycles. The van der Waals surface area contributed by atoms with E-state index in [0.29, 0.717) is 29.4 Å². The topological polar surface area (TPSA) is 140 Å². The van der Waals surface area contributed by atoms with Gasteiger partial charge in [0.05, 0.1) is 36.2 Å². The highest BCUT2D eigenvalue weighted by molar-refractivity contribution is 5.93. The predicted octanol–water partition coefficient (Wildman–Crippen LogP) is 5.70. The molecule has 44 heavy (non-hydrogen) atoms. The van der Waals surface area contributed by atoms with Crippen LogP contribution in [0.15, 0.2) is 85.7 Å². The number of H-pyrrole nitrogens is 1. The summed E-state index contributed by atoms with van der Waals surface area (Å²) in [4.78, 5) is 31.6. The monoisotopic (exact) mass is 608 g/mol. The highest BCUT2D eigenvalue weighted by Crippen LogP contribution is 2.31. The minimum absolute atomic E-state index is 0. The molecule has 3 heterocycles. The lowest BCUT2D eigenvalue weighted by molar-refractivity contribution is 0.240. The number of aromatic amines is 1. The zero-order chi connectivity index (χ0) is 29.6. The molecule has 0 saturated heterocycles. The molecule has 1 fully saturated rings. The van der Waals surface area contributed by atoms with Crippen molar-refractivity contribution < 1.29 is 4.79 Å². The molecule has 0 atom stereocenters. The zero-order valence-electron chi connectivity index (χ0n) is 24.2. The fourth-order valence-electron chi connectivity index (χ4n) is 5.52. The van der Waals surface area contributed by atoms with Crippen LogP contribution in [0.5, 0.6) is 0 Å². The van der Waals surface area contributed by atoms with Gasteiger partial charge in [0.1, 0.15) is 11.8 Å². The van der Waals surface area contributed by atoms with E-state index < -0.39 is 0 Å². The van der Waals surface area contributed by atoms with Crippen molar-refractivity contribution in [3.63, 3.8) is 0 Å². The first-order valence-electron chi connectivity index (χ1n) is 14.3. The maximum Gasteiger partial charge on any atom is 0.322 e. The van der Waals surface area contributed by atoms with Gasteiger partial charge in [0.25, 0.3) is 0 Å². The van der Waals surface area contributed by atoms with Crippen LogP contribution in [-0.2, 0) is 13.6 Å². The molecule has 11 nitrogen and oxygen atoms in total. The first-order chi connectivity index (χ1) is 21.1. The lowest BCUT2D eigenvalue weighted by Gasteiger charge is -2.37. The molecule has 1 aliphatic carbocycles. The highest BCUT2D eigenvalue weighted by Gasteiger charge is 2.30. The van der Waals surface area contributed by atoms with Crippen LogP contribution in [0.3, 0.4) is 0 Å². The number of amides is 2. The van der Waals surface area contributed by atoms with Crippen molar-refractivity contribution in [3.05, 3.63) is 96.8 Å². The van der Waals surface area contributed by atoms with Gasteiger partial charge >= 0.3 is 6.03 Å². The largest absolute Gasteiger partial charge is 0.351 e. The third-order valence-electron chi connectivity index (χ3n) is 7.75. The van der Waals surface area contributed by atoms with Crippen molar-refractivity contribution in [2.24, 2.45) is 7.05 Å². The number of urea groups is 1. The Morgan fingerprint density at radius 1 is 1.05 bits per heavy atom. The van der Waals surface area contributed by atoms with Gasteiger partial charge in [0.2, 0.25) is 5.95 Å². The van der Waals surface area contributed by atoms with Gasteiger partial charge in [0.15, 0.2) is 0 Å². The van der Waals surface area contributed by atoms with Crippen LogP contribution < -0.4 is 15.5 Å². The molecule has 224 valence electrons. The second kappa shape index (κ2) is 13.8. The average Bonchev–Trinajstić information content (AvgIpc) is 3.74. The lowest BCUT2D eigenvalue weighted by atomic mass is 9.90. The summed E-state index contributed by atoms with van der Waals surface area (Å²) in [5.74, 6) is 0.468. The summed E-state index contributed by atoms with van der Waals surface area (Å²) in [5, 5.41) is 20.4. The standard InChI is InChI=1S/C32H32N10O.ClH/c1-41-20-25(18-38-41)23-7-11-27(12-8-23)42(32(43)36-16-22-5-3-2-4-6-22)28-13-9-26(10-14-28)39-31-35-17-24(15-33)30(40-31)29-19-34-21-37-29;/h2-8,11-12,17-21,26,28H,9-10,13-14,16H2,1H3,(H,34,37)(H,36,43)(H,35,39,40);1H. The Morgan fingerprint density at radius 2 is 1.82 bits per heavy atom. The molecule has 2 amide bonds. The Morgan fingerprint density at radius 3 is 2.48 bits per heavy atom. The summed E-state index contributed by atoms with van der Waals surface area (Å²) >= 11 is 0. The van der Waals surface area contributed by atoms with Gasteiger partial charge in [0, 0.05) is 43.1 Å². The second-order valence-electron chi connectivity index (χ2n) is 10.6. The molecule has 3 N–H and O–H groups in total. The number of halogens is 1. The first-order valence-corrected chi connectivity index (χ1v) is 14.3. The van der Waals surface area contributed by atoms with Crippen molar-refractivity contribution in [1.29, 1.82) is 5.26 Å². The molecule has 0 spiro atoms. The maximum absolute atomic E-state index is 13.7. The van der Waals surface area contributed by atoms with Crippen LogP contribution >= 0.6 is 12.4 Å². The Hall–Kier alpha value is -5.21. The molecule has 0 aliphatic heterocycles. The van der Waals surface area contributed by atoms with Crippen molar-refractivity contribution in [1.82, 2.24) is 35.0 Å². The van der Waals surface area contributed by atoms with Crippen molar-refractivity contribution >= 4 is 30.1 Å². The molecule has 0 radical (unpaired) electrons. The van der Waals surface area contributed by atoms with Gasteiger partial charge in [-0.25, -0.2) is 19.7 Å². The zero-order valence-corrected chi connectivity index (χ0v) is 25.0. The van der Waals surface area contributed by atoms with Crippen molar-refractivity contribution in [2.45, 2.75) is 44.3 Å². The van der Waals surface area contributed by atoms with Gasteiger partial charge in [-0.15, -0.1) is 12.4 Å². The van der Waals surface area contributed by atoms with Gasteiger partial charge in [-0.3, -0.25) is 9.58 Å². The molecular weight excluding hydrogens is 576 g/mol. The van der Waals surface area contributed by atoms with Crippen LogP contribution in [0.4, 0.5) is 16.4 Å². The van der Waals surface area contributed by atoms with Crippen LogP contribution in [0.1, 0.15) is 36.8 Å². The van der Waals surface area contributed by atoms with E-state index in [2.05, 4.69) is 41.7 Å². The number of imidazole rings is 1. The average molecular weight is 609 g/mol. The number of rotatable bonds is 8. The number of benzene rings is 2. The molecule has 1 saturated carbocycles. The number of carbonyl (C=O) groups excluding carboxylic acids is 1. The minimum atomic E-state index is -0.117. The number of nitrogens with zero attached hydrogens (tertiary/aromatic N) is 7. The van der Waals surface area contributed by atoms with Crippen LogP contribution in [0, 0.1) is 11.3 Å². The molecule has 0 bridgehead atoms. The number of anilines is 2. The summed E-state index contributed by atoms with van der Waals surface area (Å²) in [6.07, 6.45) is 11.8. The lowest BCUT2D eigenvalue weighted by Crippen LogP contribution is -2.48. The molecule has 0 unspecified atom stereocenters. The third kappa shape index (κ3) is 6.88. The van der Waals surface area contributed by atoms with Crippen molar-refractivity contribution in [3.8, 4) is 28.6 Å². The third-order valence-corrected chi connectivity index (χ3v) is 7.75.